The molecule has 2 N–H and O–H groups in total. The minimum Gasteiger partial charge on any atom is -0.481 e. The molecule has 0 rings (SSSR count). The van der Waals surface area contributed by atoms with Crippen LogP contribution in [0.3, 0.4) is 0 Å². The van der Waals surface area contributed by atoms with E-state index in [1.54, 1.807) is 0 Å². The highest BCUT2D eigenvalue weighted by atomic mass is 16.4. The van der Waals surface area contributed by atoms with Gasteiger partial charge in [0.1, 0.15) is 0 Å². The predicted molar refractivity (Wildman–Crippen MR) is 77.0 cm³/mol. The number of nitrogens with one attached hydrogen (secondary N) is 1. The average Bonchev–Trinajstić information content (AvgIpc) is 2.30. The van der Waals surface area contributed by atoms with Crippen molar-refractivity contribution in [1.29, 1.82) is 0 Å². The molecular weight excluding hydrogens is 242 g/mol. The largest absolute Gasteiger partial charge is 0.481 e. The van der Waals surface area contributed by atoms with E-state index in [2.05, 4.69) is 26.1 Å². The van der Waals surface area contributed by atoms with Crippen LogP contribution in [0.1, 0.15) is 65.7 Å². The van der Waals surface area contributed by atoms with Crippen LogP contribution in [0.5, 0.6) is 0 Å². The van der Waals surface area contributed by atoms with Gasteiger partial charge < -0.3 is 10.4 Å². The molecule has 0 bridgehead atoms. The Morgan fingerprint density at radius 2 is 1.84 bits per heavy atom. The van der Waals surface area contributed by atoms with Crippen molar-refractivity contribution in [1.82, 2.24) is 5.32 Å². The van der Waals surface area contributed by atoms with Gasteiger partial charge >= 0.3 is 5.97 Å². The number of aliphatic carboxylic acids is 1. The zero-order chi connectivity index (χ0) is 14.7. The second kappa shape index (κ2) is 10.8. The number of rotatable bonds is 11. The molecule has 0 aliphatic heterocycles. The number of carboxylic acid groups (broad SMARTS) is 1. The van der Waals surface area contributed by atoms with Crippen LogP contribution in [0.2, 0.25) is 0 Å². The van der Waals surface area contributed by atoms with E-state index in [1.807, 2.05) is 0 Å². The van der Waals surface area contributed by atoms with Gasteiger partial charge in [0.05, 0.1) is 0 Å². The van der Waals surface area contributed by atoms with E-state index in [4.69, 9.17) is 5.11 Å². The zero-order valence-electron chi connectivity index (χ0n) is 12.6. The zero-order valence-corrected chi connectivity index (χ0v) is 12.6. The van der Waals surface area contributed by atoms with Gasteiger partial charge in [-0.1, -0.05) is 40.0 Å². The van der Waals surface area contributed by atoms with Crippen LogP contribution >= 0.6 is 0 Å². The van der Waals surface area contributed by atoms with Crippen LogP contribution in [0.25, 0.3) is 0 Å². The van der Waals surface area contributed by atoms with Gasteiger partial charge in [-0.15, -0.1) is 0 Å². The number of carbonyl (C=O) groups is 2. The number of carbonyl (C=O) groups excluding carboxylic acids is 1. The van der Waals surface area contributed by atoms with Gasteiger partial charge in [0.25, 0.3) is 0 Å². The third kappa shape index (κ3) is 11.7. The Kier molecular flexibility index (Phi) is 10.2. The molecule has 1 unspecified atom stereocenters. The fourth-order valence-electron chi connectivity index (χ4n) is 2.21. The molecule has 4 heteroatoms. The van der Waals surface area contributed by atoms with Crippen molar-refractivity contribution < 1.29 is 14.7 Å². The first-order chi connectivity index (χ1) is 8.95. The van der Waals surface area contributed by atoms with Gasteiger partial charge in [-0.05, 0) is 24.7 Å². The summed E-state index contributed by atoms with van der Waals surface area (Å²) in [6.07, 6.45) is 5.87. The first-order valence-electron chi connectivity index (χ1n) is 7.44. The van der Waals surface area contributed by atoms with Crippen molar-refractivity contribution in [2.75, 3.05) is 6.54 Å². The molecule has 19 heavy (non-hydrogen) atoms. The lowest BCUT2D eigenvalue weighted by molar-refractivity contribution is -0.138. The average molecular weight is 271 g/mol. The Balaban J connectivity index is 3.88. The van der Waals surface area contributed by atoms with Crippen LogP contribution in [0.15, 0.2) is 0 Å². The summed E-state index contributed by atoms with van der Waals surface area (Å²) < 4.78 is 0. The fraction of sp³-hybridized carbons (Fsp3) is 0.867. The van der Waals surface area contributed by atoms with E-state index in [1.165, 1.54) is 6.42 Å². The summed E-state index contributed by atoms with van der Waals surface area (Å²) in [4.78, 5) is 22.4. The molecule has 0 aromatic carbocycles. The summed E-state index contributed by atoms with van der Waals surface area (Å²) in [7, 11) is 0. The minimum atomic E-state index is -0.789. The molecule has 0 radical (unpaired) electrons. The number of carboxylic acids is 1. The predicted octanol–water partition coefficient (Wildman–Crippen LogP) is 3.21. The van der Waals surface area contributed by atoms with Crippen molar-refractivity contribution in [3.63, 3.8) is 0 Å². The number of amides is 1. The van der Waals surface area contributed by atoms with Crippen LogP contribution in [0.4, 0.5) is 0 Å². The molecule has 0 aliphatic rings. The standard InChI is InChI=1S/C15H29NO3/c1-4-5-6-7-8-14(17)16-11-13(9-12(2)3)10-15(18)19/h12-13H,4-11H2,1-3H3,(H,16,17)(H,18,19). The van der Waals surface area contributed by atoms with Crippen molar-refractivity contribution in [2.24, 2.45) is 11.8 Å². The molecule has 1 amide bonds. The van der Waals surface area contributed by atoms with Gasteiger partial charge in [0, 0.05) is 19.4 Å². The molecule has 0 aliphatic carbocycles. The van der Waals surface area contributed by atoms with Crippen LogP contribution in [-0.4, -0.2) is 23.5 Å². The minimum absolute atomic E-state index is 0.0390. The van der Waals surface area contributed by atoms with E-state index in [-0.39, 0.29) is 18.2 Å². The van der Waals surface area contributed by atoms with Gasteiger partial charge in [0.2, 0.25) is 5.91 Å². The topological polar surface area (TPSA) is 66.4 Å². The first-order valence-corrected chi connectivity index (χ1v) is 7.44. The second-order valence-electron chi connectivity index (χ2n) is 5.71. The van der Waals surface area contributed by atoms with Crippen molar-refractivity contribution in [2.45, 2.75) is 65.7 Å². The van der Waals surface area contributed by atoms with Crippen LogP contribution in [0, 0.1) is 11.8 Å². The summed E-state index contributed by atoms with van der Waals surface area (Å²) in [5.74, 6) is -0.249. The highest BCUT2D eigenvalue weighted by Crippen LogP contribution is 2.14. The van der Waals surface area contributed by atoms with E-state index < -0.39 is 5.97 Å². The molecule has 4 nitrogen and oxygen atoms in total. The van der Waals surface area contributed by atoms with Gasteiger partial charge in [0.15, 0.2) is 0 Å². The highest BCUT2D eigenvalue weighted by Gasteiger charge is 2.15. The molecule has 0 aromatic heterocycles. The molecule has 0 heterocycles. The molecule has 0 saturated heterocycles. The smallest absolute Gasteiger partial charge is 0.303 e. The Morgan fingerprint density at radius 1 is 1.16 bits per heavy atom. The molecule has 0 saturated carbocycles. The van der Waals surface area contributed by atoms with Crippen molar-refractivity contribution in [3.8, 4) is 0 Å². The van der Waals surface area contributed by atoms with E-state index in [0.717, 1.165) is 25.7 Å². The lowest BCUT2D eigenvalue weighted by atomic mass is 9.94. The van der Waals surface area contributed by atoms with Gasteiger partial charge in [-0.2, -0.15) is 0 Å². The maximum Gasteiger partial charge on any atom is 0.303 e. The van der Waals surface area contributed by atoms with Crippen molar-refractivity contribution >= 4 is 11.9 Å². The number of hydrogen-bond donors (Lipinski definition) is 2. The third-order valence-corrected chi connectivity index (χ3v) is 3.11. The Labute approximate surface area is 117 Å². The molecule has 0 aromatic rings. The van der Waals surface area contributed by atoms with Crippen LogP contribution < -0.4 is 5.32 Å². The quantitative estimate of drug-likeness (QED) is 0.567. The summed E-state index contributed by atoms with van der Waals surface area (Å²) >= 11 is 0. The van der Waals surface area contributed by atoms with Gasteiger partial charge in [-0.25, -0.2) is 0 Å². The van der Waals surface area contributed by atoms with E-state index in [9.17, 15) is 9.59 Å². The maximum absolute atomic E-state index is 11.6. The third-order valence-electron chi connectivity index (χ3n) is 3.11. The summed E-state index contributed by atoms with van der Waals surface area (Å²) in [6, 6.07) is 0. The first kappa shape index (κ1) is 17.9. The molecule has 0 fully saturated rings. The second-order valence-corrected chi connectivity index (χ2v) is 5.71. The van der Waals surface area contributed by atoms with Crippen LogP contribution in [-0.2, 0) is 9.59 Å². The lowest BCUT2D eigenvalue weighted by Crippen LogP contribution is -2.30. The van der Waals surface area contributed by atoms with Crippen molar-refractivity contribution in [3.05, 3.63) is 0 Å². The Morgan fingerprint density at radius 3 is 2.37 bits per heavy atom. The fourth-order valence-corrected chi connectivity index (χ4v) is 2.21. The molecular formula is C15H29NO3. The lowest BCUT2D eigenvalue weighted by Gasteiger charge is -2.17. The Bertz CT molecular complexity index is 264. The Hall–Kier alpha value is -1.06. The number of unbranched alkanes of at least 4 members (excludes halogenated alkanes) is 3. The highest BCUT2D eigenvalue weighted by molar-refractivity contribution is 5.75. The van der Waals surface area contributed by atoms with E-state index >= 15 is 0 Å². The molecule has 112 valence electrons. The summed E-state index contributed by atoms with van der Waals surface area (Å²) in [5.41, 5.74) is 0. The number of hydrogen-bond acceptors (Lipinski definition) is 2. The monoisotopic (exact) mass is 271 g/mol. The molecule has 1 atom stereocenters. The normalized spacial score (nSPS) is 12.4. The maximum atomic E-state index is 11.6. The van der Waals surface area contributed by atoms with Gasteiger partial charge in [-0.3, -0.25) is 9.59 Å². The summed E-state index contributed by atoms with van der Waals surface area (Å²) in [5, 5.41) is 11.7. The SMILES string of the molecule is CCCCCCC(=O)NCC(CC(=O)O)CC(C)C. The van der Waals surface area contributed by atoms with E-state index in [0.29, 0.717) is 18.9 Å². The summed E-state index contributed by atoms with van der Waals surface area (Å²) in [6.45, 7) is 6.77. The molecule has 0 spiro atoms.